The largest absolute Gasteiger partial charge is 0.315 e. The summed E-state index contributed by atoms with van der Waals surface area (Å²) >= 11 is 0. The van der Waals surface area contributed by atoms with Gasteiger partial charge in [-0.2, -0.15) is 9.40 Å². The highest BCUT2D eigenvalue weighted by molar-refractivity contribution is 7.89. The minimum atomic E-state index is -3.44. The van der Waals surface area contributed by atoms with Crippen LogP contribution in [0.25, 0.3) is 0 Å². The fraction of sp³-hybridized carbons (Fsp3) is 0.786. The van der Waals surface area contributed by atoms with Crippen molar-refractivity contribution in [1.29, 1.82) is 0 Å². The Kier molecular flexibility index (Phi) is 7.34. The minimum absolute atomic E-state index is 0.282. The Bertz CT molecular complexity index is 513. The molecule has 1 aromatic heterocycles. The molecule has 0 aliphatic carbocycles. The van der Waals surface area contributed by atoms with Crippen LogP contribution in [0, 0.1) is 5.92 Å². The van der Waals surface area contributed by atoms with E-state index in [1.165, 1.54) is 10.5 Å². The van der Waals surface area contributed by atoms with E-state index in [2.05, 4.69) is 24.3 Å². The van der Waals surface area contributed by atoms with Gasteiger partial charge in [0.1, 0.15) is 4.90 Å². The van der Waals surface area contributed by atoms with Crippen molar-refractivity contribution in [2.75, 3.05) is 26.2 Å². The van der Waals surface area contributed by atoms with Crippen LogP contribution in [0.2, 0.25) is 0 Å². The third kappa shape index (κ3) is 5.09. The smallest absolute Gasteiger partial charge is 0.246 e. The second-order valence-electron chi connectivity index (χ2n) is 5.26. The van der Waals surface area contributed by atoms with Gasteiger partial charge < -0.3 is 5.32 Å². The van der Waals surface area contributed by atoms with Gasteiger partial charge in [-0.15, -0.1) is 0 Å². The van der Waals surface area contributed by atoms with Gasteiger partial charge in [0.05, 0.1) is 12.7 Å². The van der Waals surface area contributed by atoms with Gasteiger partial charge >= 0.3 is 0 Å². The van der Waals surface area contributed by atoms with Crippen LogP contribution in [-0.4, -0.2) is 48.7 Å². The Morgan fingerprint density at radius 3 is 2.67 bits per heavy atom. The lowest BCUT2D eigenvalue weighted by molar-refractivity contribution is 0.361. The summed E-state index contributed by atoms with van der Waals surface area (Å²) < 4.78 is 28.4. The van der Waals surface area contributed by atoms with Gasteiger partial charge in [0, 0.05) is 25.8 Å². The highest BCUT2D eigenvalue weighted by Gasteiger charge is 2.25. The van der Waals surface area contributed by atoms with E-state index in [4.69, 9.17) is 0 Å². The molecule has 1 atom stereocenters. The molecule has 0 aliphatic heterocycles. The van der Waals surface area contributed by atoms with E-state index in [9.17, 15) is 8.42 Å². The van der Waals surface area contributed by atoms with Crippen LogP contribution in [0.5, 0.6) is 0 Å². The quantitative estimate of drug-likeness (QED) is 0.665. The summed E-state index contributed by atoms with van der Waals surface area (Å²) in [6, 6.07) is 0. The zero-order valence-corrected chi connectivity index (χ0v) is 14.4. The SMILES string of the molecule is CCNCCn1cc(S(=O)(=O)N(CC)CC(C)CC)cn1. The Balaban J connectivity index is 2.81. The summed E-state index contributed by atoms with van der Waals surface area (Å²) in [6.45, 7) is 11.4. The first kappa shape index (κ1) is 18.1. The third-order valence-corrected chi connectivity index (χ3v) is 5.47. The molecule has 0 bridgehead atoms. The Labute approximate surface area is 128 Å². The van der Waals surface area contributed by atoms with Crippen molar-refractivity contribution >= 4 is 10.0 Å². The Morgan fingerprint density at radius 1 is 1.38 bits per heavy atom. The molecule has 0 radical (unpaired) electrons. The van der Waals surface area contributed by atoms with Crippen molar-refractivity contribution in [3.63, 3.8) is 0 Å². The van der Waals surface area contributed by atoms with Gasteiger partial charge in [0.15, 0.2) is 0 Å². The summed E-state index contributed by atoms with van der Waals surface area (Å²) in [5.41, 5.74) is 0. The molecule has 1 unspecified atom stereocenters. The zero-order chi connectivity index (χ0) is 15.9. The Morgan fingerprint density at radius 2 is 2.10 bits per heavy atom. The maximum atomic E-state index is 12.6. The summed E-state index contributed by atoms with van der Waals surface area (Å²) in [5.74, 6) is 0.350. The first-order chi connectivity index (χ1) is 9.95. The highest BCUT2D eigenvalue weighted by Crippen LogP contribution is 2.17. The van der Waals surface area contributed by atoms with Crippen LogP contribution in [0.15, 0.2) is 17.3 Å². The summed E-state index contributed by atoms with van der Waals surface area (Å²) in [4.78, 5) is 0.282. The van der Waals surface area contributed by atoms with E-state index in [0.717, 1.165) is 19.5 Å². The topological polar surface area (TPSA) is 67.2 Å². The number of sulfonamides is 1. The molecule has 0 fully saturated rings. The normalized spacial score (nSPS) is 13.8. The number of nitrogens with one attached hydrogen (secondary N) is 1. The second-order valence-corrected chi connectivity index (χ2v) is 7.20. The van der Waals surface area contributed by atoms with Crippen molar-refractivity contribution in [3.05, 3.63) is 12.4 Å². The van der Waals surface area contributed by atoms with Gasteiger partial charge in [-0.3, -0.25) is 4.68 Å². The summed E-state index contributed by atoms with van der Waals surface area (Å²) in [6.07, 6.45) is 4.03. The van der Waals surface area contributed by atoms with E-state index in [1.807, 2.05) is 13.8 Å². The predicted octanol–water partition coefficient (Wildman–Crippen LogP) is 1.55. The molecule has 1 heterocycles. The predicted molar refractivity (Wildman–Crippen MR) is 84.7 cm³/mol. The molecule has 0 spiro atoms. The van der Waals surface area contributed by atoms with Crippen LogP contribution in [0.3, 0.4) is 0 Å². The Hall–Kier alpha value is -0.920. The van der Waals surface area contributed by atoms with Gasteiger partial charge in [0.2, 0.25) is 10.0 Å². The van der Waals surface area contributed by atoms with Crippen molar-refractivity contribution in [1.82, 2.24) is 19.4 Å². The average Bonchev–Trinajstić information content (AvgIpc) is 2.94. The van der Waals surface area contributed by atoms with Gasteiger partial charge in [0.25, 0.3) is 0 Å². The lowest BCUT2D eigenvalue weighted by Crippen LogP contribution is -2.34. The molecule has 0 aliphatic rings. The molecule has 1 N–H and O–H groups in total. The lowest BCUT2D eigenvalue weighted by Gasteiger charge is -2.22. The molecule has 0 aromatic carbocycles. The molecular formula is C14H28N4O2S. The average molecular weight is 316 g/mol. The molecule has 0 saturated heterocycles. The van der Waals surface area contributed by atoms with E-state index in [-0.39, 0.29) is 4.90 Å². The van der Waals surface area contributed by atoms with Crippen LogP contribution in [0.1, 0.15) is 34.1 Å². The number of rotatable bonds is 10. The molecule has 1 rings (SSSR count). The molecule has 0 amide bonds. The number of likely N-dealkylation sites (N-methyl/N-ethyl adjacent to an activating group) is 1. The highest BCUT2D eigenvalue weighted by atomic mass is 32.2. The van der Waals surface area contributed by atoms with E-state index in [1.54, 1.807) is 10.9 Å². The monoisotopic (exact) mass is 316 g/mol. The summed E-state index contributed by atoms with van der Waals surface area (Å²) in [5, 5.41) is 7.33. The molecule has 122 valence electrons. The summed E-state index contributed by atoms with van der Waals surface area (Å²) in [7, 11) is -3.44. The van der Waals surface area contributed by atoms with Gasteiger partial charge in [-0.05, 0) is 12.5 Å². The van der Waals surface area contributed by atoms with Crippen molar-refractivity contribution < 1.29 is 8.42 Å². The molecule has 21 heavy (non-hydrogen) atoms. The van der Waals surface area contributed by atoms with Crippen LogP contribution in [0.4, 0.5) is 0 Å². The number of nitrogens with zero attached hydrogens (tertiary/aromatic N) is 3. The van der Waals surface area contributed by atoms with E-state index < -0.39 is 10.0 Å². The van der Waals surface area contributed by atoms with Crippen molar-refractivity contribution in [2.45, 2.75) is 45.6 Å². The number of hydrogen-bond acceptors (Lipinski definition) is 4. The maximum absolute atomic E-state index is 12.6. The standard InChI is InChI=1S/C14H28N4O2S/c1-5-13(4)11-18(7-3)21(19,20)14-10-16-17(12-14)9-8-15-6-2/h10,12-13,15H,5-9,11H2,1-4H3. The molecular weight excluding hydrogens is 288 g/mol. The fourth-order valence-corrected chi connectivity index (χ4v) is 3.52. The minimum Gasteiger partial charge on any atom is -0.315 e. The van der Waals surface area contributed by atoms with Crippen molar-refractivity contribution in [2.24, 2.45) is 5.92 Å². The van der Waals surface area contributed by atoms with Crippen molar-refractivity contribution in [3.8, 4) is 0 Å². The van der Waals surface area contributed by atoms with Gasteiger partial charge in [-0.1, -0.05) is 34.1 Å². The molecule has 0 saturated carbocycles. The van der Waals surface area contributed by atoms with E-state index in [0.29, 0.717) is 25.6 Å². The third-order valence-electron chi connectivity index (χ3n) is 3.58. The molecule has 1 aromatic rings. The van der Waals surface area contributed by atoms with Gasteiger partial charge in [-0.25, -0.2) is 8.42 Å². The molecule has 6 nitrogen and oxygen atoms in total. The lowest BCUT2D eigenvalue weighted by atomic mass is 10.1. The zero-order valence-electron chi connectivity index (χ0n) is 13.5. The number of aromatic nitrogens is 2. The maximum Gasteiger partial charge on any atom is 0.246 e. The first-order valence-electron chi connectivity index (χ1n) is 7.68. The first-order valence-corrected chi connectivity index (χ1v) is 9.12. The van der Waals surface area contributed by atoms with E-state index >= 15 is 0 Å². The van der Waals surface area contributed by atoms with Crippen LogP contribution >= 0.6 is 0 Å². The molecule has 7 heteroatoms. The van der Waals surface area contributed by atoms with Crippen LogP contribution < -0.4 is 5.32 Å². The fourth-order valence-electron chi connectivity index (χ4n) is 1.99. The number of hydrogen-bond donors (Lipinski definition) is 1. The second kappa shape index (κ2) is 8.51. The van der Waals surface area contributed by atoms with Crippen LogP contribution in [-0.2, 0) is 16.6 Å².